The van der Waals surface area contributed by atoms with Crippen molar-refractivity contribution < 1.29 is 20.8 Å². The molecule has 0 amide bonds. The molecule has 0 atom stereocenters. The summed E-state index contributed by atoms with van der Waals surface area (Å²) in [5, 5.41) is 10.6. The SMILES string of the molecule is C[Si]C.Cc1cc2c(-c3cccc4ccccc34)ccc(C)c2[cH-]1.[Cl][Zr+2][Cl].c1ccc(-c2cccc3[cH-]c(-c4cccc5ccccc45)cc23)cc1. The fourth-order valence-electron chi connectivity index (χ4n) is 7.02. The summed E-state index contributed by atoms with van der Waals surface area (Å²) in [7, 11) is 11.0. The molecule has 0 aliphatic carbocycles. The molecule has 9 rings (SSSR count). The summed E-state index contributed by atoms with van der Waals surface area (Å²) in [5.74, 6) is 0. The number of hydrogen-bond donors (Lipinski definition) is 0. The van der Waals surface area contributed by atoms with Crippen molar-refractivity contribution in [2.75, 3.05) is 0 Å². The van der Waals surface area contributed by atoms with Crippen LogP contribution in [0.25, 0.3) is 76.5 Å². The van der Waals surface area contributed by atoms with Crippen molar-refractivity contribution in [3.05, 3.63) is 181 Å². The second-order valence-corrected chi connectivity index (χ2v) is 17.6. The van der Waals surface area contributed by atoms with Crippen LogP contribution < -0.4 is 0 Å². The van der Waals surface area contributed by atoms with Crippen LogP contribution in [0.3, 0.4) is 0 Å². The van der Waals surface area contributed by atoms with Crippen molar-refractivity contribution in [3.63, 3.8) is 0 Å². The van der Waals surface area contributed by atoms with Gasteiger partial charge >= 0.3 is 37.9 Å². The van der Waals surface area contributed by atoms with E-state index in [1.54, 1.807) is 0 Å². The average molecular weight is 807 g/mol. The predicted octanol–water partition coefficient (Wildman–Crippen LogP) is 15.2. The zero-order valence-electron chi connectivity index (χ0n) is 29.9. The van der Waals surface area contributed by atoms with E-state index >= 15 is 0 Å². The second-order valence-electron chi connectivity index (χ2n) is 12.8. The third-order valence-corrected chi connectivity index (χ3v) is 9.27. The summed E-state index contributed by atoms with van der Waals surface area (Å²) in [5.41, 5.74) is 10.5. The molecule has 4 heteroatoms. The monoisotopic (exact) mass is 804 g/mol. The molecule has 9 aromatic carbocycles. The van der Waals surface area contributed by atoms with Gasteiger partial charge in [-0.3, -0.25) is 0 Å². The molecule has 0 unspecified atom stereocenters. The van der Waals surface area contributed by atoms with Crippen molar-refractivity contribution in [1.82, 2.24) is 0 Å². The number of benzene rings is 7. The number of hydrogen-bond acceptors (Lipinski definition) is 0. The molecule has 9 aromatic rings. The molecule has 0 aliphatic rings. The zero-order valence-corrected chi connectivity index (χ0v) is 34.9. The average Bonchev–Trinajstić information content (AvgIpc) is 3.80. The molecule has 254 valence electrons. The van der Waals surface area contributed by atoms with Gasteiger partial charge in [0.05, 0.1) is 0 Å². The second kappa shape index (κ2) is 18.1. The van der Waals surface area contributed by atoms with E-state index in [9.17, 15) is 0 Å². The van der Waals surface area contributed by atoms with Gasteiger partial charge in [-0.1, -0.05) is 177 Å². The van der Waals surface area contributed by atoms with E-state index in [4.69, 9.17) is 17.0 Å². The molecular weight excluding hydrogens is 767 g/mol. The van der Waals surface area contributed by atoms with E-state index in [1.165, 1.54) is 87.6 Å². The summed E-state index contributed by atoms with van der Waals surface area (Å²) in [6.45, 7) is 8.67. The van der Waals surface area contributed by atoms with Crippen LogP contribution in [0.5, 0.6) is 0 Å². The molecular formula is C48H40Cl2SiZr. The first-order valence-corrected chi connectivity index (χ1v) is 25.7. The fraction of sp³-hybridized carbons (Fsp3) is 0.0833. The Balaban J connectivity index is 0.000000157. The van der Waals surface area contributed by atoms with Crippen molar-refractivity contribution in [1.29, 1.82) is 0 Å². The Hall–Kier alpha value is -4.04. The number of aryl methyl sites for hydroxylation is 2. The summed E-state index contributed by atoms with van der Waals surface area (Å²) >= 11 is -0.826. The van der Waals surface area contributed by atoms with Gasteiger partial charge in [0.15, 0.2) is 0 Å². The molecule has 0 aromatic heterocycles. The standard InChI is InChI=1S/C25H17.C21H17.C2H6Si.2ClH.Zr/c1-2-8-18(9-3-1)23-14-7-12-20-16-21(17-25(20)23)24-15-6-11-19-10-4-5-13-22(19)24;1-14-12-20-15(2)10-11-19(21(20)13-14)18-9-5-7-16-6-3-4-8-17(16)18;1-3-2;;;/h1-17H;3-13H,1-2H3;1-2H3;2*1H;/q2*-1;;;;+4/p-2. The van der Waals surface area contributed by atoms with Crippen molar-refractivity contribution >= 4 is 69.6 Å². The van der Waals surface area contributed by atoms with E-state index in [0.717, 1.165) is 9.52 Å². The molecule has 0 aliphatic heterocycles. The third-order valence-electron chi connectivity index (χ3n) is 9.27. The Morgan fingerprint density at radius 2 is 1.00 bits per heavy atom. The van der Waals surface area contributed by atoms with Crippen LogP contribution in [0.4, 0.5) is 0 Å². The summed E-state index contributed by atoms with van der Waals surface area (Å²) in [6, 6.07) is 61.3. The van der Waals surface area contributed by atoms with Gasteiger partial charge in [-0.2, -0.15) is 6.07 Å². The minimum atomic E-state index is -0.826. The first-order chi connectivity index (χ1) is 25.5. The van der Waals surface area contributed by atoms with Gasteiger partial charge in [-0.15, -0.1) is 68.6 Å². The maximum Gasteiger partial charge on any atom is -0.0253 e. The molecule has 0 fully saturated rings. The van der Waals surface area contributed by atoms with E-state index in [1.807, 2.05) is 0 Å². The van der Waals surface area contributed by atoms with Crippen LogP contribution in [0.1, 0.15) is 11.1 Å². The fourth-order valence-corrected chi connectivity index (χ4v) is 7.02. The van der Waals surface area contributed by atoms with E-state index < -0.39 is 20.8 Å². The molecule has 0 N–H and O–H groups in total. The minimum absolute atomic E-state index is 0.826. The normalized spacial score (nSPS) is 10.5. The Bertz CT molecular complexity index is 2530. The van der Waals surface area contributed by atoms with E-state index in [-0.39, 0.29) is 0 Å². The van der Waals surface area contributed by atoms with Crippen LogP contribution in [0, 0.1) is 13.8 Å². The van der Waals surface area contributed by atoms with Crippen molar-refractivity contribution in [3.8, 4) is 33.4 Å². The van der Waals surface area contributed by atoms with Crippen LogP contribution in [0.2, 0.25) is 13.1 Å². The van der Waals surface area contributed by atoms with Crippen LogP contribution in [-0.2, 0) is 20.8 Å². The Morgan fingerprint density at radius 3 is 1.67 bits per heavy atom. The Morgan fingerprint density at radius 1 is 0.481 bits per heavy atom. The summed E-state index contributed by atoms with van der Waals surface area (Å²) in [4.78, 5) is 0. The topological polar surface area (TPSA) is 0 Å². The third kappa shape index (κ3) is 8.43. The van der Waals surface area contributed by atoms with E-state index in [0.29, 0.717) is 0 Å². The van der Waals surface area contributed by atoms with E-state index in [2.05, 4.69) is 197 Å². The maximum atomic E-state index is 4.93. The molecule has 0 saturated heterocycles. The molecule has 0 saturated carbocycles. The van der Waals surface area contributed by atoms with Gasteiger partial charge in [0.2, 0.25) is 0 Å². The minimum Gasteiger partial charge on any atom is -0.144 e. The van der Waals surface area contributed by atoms with Gasteiger partial charge in [0.1, 0.15) is 0 Å². The Kier molecular flexibility index (Phi) is 13.2. The maximum absolute atomic E-state index is 4.93. The first kappa shape index (κ1) is 37.7. The number of halogens is 2. The van der Waals surface area contributed by atoms with Crippen LogP contribution >= 0.6 is 17.0 Å². The Labute approximate surface area is 329 Å². The first-order valence-electron chi connectivity index (χ1n) is 17.4. The smallest absolute Gasteiger partial charge is 0.0253 e. The largest absolute Gasteiger partial charge is 0.144 e. The molecule has 2 radical (unpaired) electrons. The van der Waals surface area contributed by atoms with Gasteiger partial charge in [0.25, 0.3) is 0 Å². The number of rotatable bonds is 3. The molecule has 0 spiro atoms. The number of fused-ring (bicyclic) bond motifs is 4. The van der Waals surface area contributed by atoms with Gasteiger partial charge in [0, 0.05) is 9.52 Å². The van der Waals surface area contributed by atoms with Gasteiger partial charge in [-0.25, -0.2) is 0 Å². The van der Waals surface area contributed by atoms with Gasteiger partial charge in [-0.05, 0) is 32.7 Å². The summed E-state index contributed by atoms with van der Waals surface area (Å²) < 4.78 is 0. The zero-order chi connectivity index (χ0) is 36.5. The predicted molar refractivity (Wildman–Crippen MR) is 229 cm³/mol. The molecule has 0 bridgehead atoms. The van der Waals surface area contributed by atoms with Gasteiger partial charge < -0.3 is 0 Å². The van der Waals surface area contributed by atoms with Crippen molar-refractivity contribution in [2.24, 2.45) is 0 Å². The molecule has 52 heavy (non-hydrogen) atoms. The quantitative estimate of drug-likeness (QED) is 0.123. The summed E-state index contributed by atoms with van der Waals surface area (Å²) in [6.07, 6.45) is 0. The van der Waals surface area contributed by atoms with Crippen molar-refractivity contribution in [2.45, 2.75) is 26.9 Å². The molecule has 0 heterocycles. The van der Waals surface area contributed by atoms with Crippen LogP contribution in [-0.4, -0.2) is 9.52 Å². The van der Waals surface area contributed by atoms with Crippen LogP contribution in [0.15, 0.2) is 170 Å². The molecule has 0 nitrogen and oxygen atoms in total.